The molecular weight excluding hydrogens is 245 g/mol. The van der Waals surface area contributed by atoms with Crippen molar-refractivity contribution in [3.63, 3.8) is 0 Å². The molecule has 7 heteroatoms. The Balaban J connectivity index is 3.44. The Morgan fingerprint density at radius 1 is 1.12 bits per heavy atom. The molecule has 0 aliphatic rings. The van der Waals surface area contributed by atoms with E-state index in [0.717, 1.165) is 19.2 Å². The summed E-state index contributed by atoms with van der Waals surface area (Å²) in [6.07, 6.45) is -4.76. The minimum absolute atomic E-state index is 0.676. The summed E-state index contributed by atoms with van der Waals surface area (Å²) in [6, 6.07) is 2.43. The number of methoxy groups -OCH3 is 1. The SMILES string of the molecule is COc1c(C(F)(F)F)cccc1C(F)(F)CN. The van der Waals surface area contributed by atoms with Crippen LogP contribution in [-0.2, 0) is 12.1 Å². The average Bonchev–Trinajstić information content (AvgIpc) is 2.26. The molecule has 1 rings (SSSR count). The molecule has 0 atom stereocenters. The number of hydrogen-bond donors (Lipinski definition) is 1. The summed E-state index contributed by atoms with van der Waals surface area (Å²) in [5.74, 6) is -4.46. The standard InChI is InChI=1S/C10H10F5NO/c1-17-8-6(9(11,12)5-16)3-2-4-7(8)10(13,14)15/h2-4H,5,16H2,1H3. The van der Waals surface area contributed by atoms with Gasteiger partial charge < -0.3 is 10.5 Å². The molecular formula is C10H10F5NO. The van der Waals surface area contributed by atoms with Gasteiger partial charge in [0.05, 0.1) is 24.8 Å². The molecule has 1 aromatic carbocycles. The molecule has 96 valence electrons. The first-order valence-electron chi connectivity index (χ1n) is 4.56. The first-order chi connectivity index (χ1) is 7.74. The molecule has 0 spiro atoms. The zero-order chi connectivity index (χ0) is 13.3. The van der Waals surface area contributed by atoms with Crippen LogP contribution < -0.4 is 10.5 Å². The van der Waals surface area contributed by atoms with Crippen molar-refractivity contribution in [3.8, 4) is 5.75 Å². The molecule has 2 N–H and O–H groups in total. The van der Waals surface area contributed by atoms with Gasteiger partial charge in [0.15, 0.2) is 0 Å². The fourth-order valence-corrected chi connectivity index (χ4v) is 1.38. The second-order valence-electron chi connectivity index (χ2n) is 3.29. The van der Waals surface area contributed by atoms with Crippen molar-refractivity contribution in [2.75, 3.05) is 13.7 Å². The molecule has 0 amide bonds. The van der Waals surface area contributed by atoms with E-state index < -0.39 is 35.5 Å². The second kappa shape index (κ2) is 4.48. The Morgan fingerprint density at radius 2 is 1.65 bits per heavy atom. The smallest absolute Gasteiger partial charge is 0.419 e. The predicted octanol–water partition coefficient (Wildman–Crippen LogP) is 2.76. The van der Waals surface area contributed by atoms with Gasteiger partial charge in [-0.25, -0.2) is 0 Å². The van der Waals surface area contributed by atoms with E-state index in [2.05, 4.69) is 4.74 Å². The molecule has 0 fully saturated rings. The van der Waals surface area contributed by atoms with Crippen molar-refractivity contribution in [2.45, 2.75) is 12.1 Å². The largest absolute Gasteiger partial charge is 0.496 e. The number of ether oxygens (including phenoxy) is 1. The second-order valence-corrected chi connectivity index (χ2v) is 3.29. The highest BCUT2D eigenvalue weighted by Gasteiger charge is 2.40. The van der Waals surface area contributed by atoms with Crippen LogP contribution in [0.2, 0.25) is 0 Å². The van der Waals surface area contributed by atoms with Crippen molar-refractivity contribution < 1.29 is 26.7 Å². The Bertz CT molecular complexity index is 402. The Morgan fingerprint density at radius 3 is 2.06 bits per heavy atom. The lowest BCUT2D eigenvalue weighted by Gasteiger charge is -2.20. The summed E-state index contributed by atoms with van der Waals surface area (Å²) in [4.78, 5) is 0. The van der Waals surface area contributed by atoms with Gasteiger partial charge in [0, 0.05) is 0 Å². The van der Waals surface area contributed by atoms with Crippen molar-refractivity contribution in [2.24, 2.45) is 5.73 Å². The minimum Gasteiger partial charge on any atom is -0.496 e. The number of alkyl halides is 5. The monoisotopic (exact) mass is 255 g/mol. The molecule has 0 heterocycles. The van der Waals surface area contributed by atoms with E-state index in [1.807, 2.05) is 0 Å². The van der Waals surface area contributed by atoms with Crippen molar-refractivity contribution in [1.29, 1.82) is 0 Å². The van der Waals surface area contributed by atoms with Crippen LogP contribution >= 0.6 is 0 Å². The van der Waals surface area contributed by atoms with Crippen LogP contribution in [0.15, 0.2) is 18.2 Å². The Labute approximate surface area is 94.2 Å². The van der Waals surface area contributed by atoms with E-state index in [9.17, 15) is 22.0 Å². The van der Waals surface area contributed by atoms with Crippen LogP contribution in [0.5, 0.6) is 5.75 Å². The molecule has 1 aromatic rings. The number of nitrogens with two attached hydrogens (primary N) is 1. The third-order valence-electron chi connectivity index (χ3n) is 2.17. The zero-order valence-corrected chi connectivity index (χ0v) is 8.81. The Hall–Kier alpha value is -1.37. The van der Waals surface area contributed by atoms with E-state index in [-0.39, 0.29) is 0 Å². The number of benzene rings is 1. The van der Waals surface area contributed by atoms with Gasteiger partial charge in [-0.3, -0.25) is 0 Å². The van der Waals surface area contributed by atoms with Gasteiger partial charge in [-0.1, -0.05) is 6.07 Å². The molecule has 0 saturated heterocycles. The van der Waals surface area contributed by atoms with E-state index in [1.165, 1.54) is 0 Å². The third-order valence-corrected chi connectivity index (χ3v) is 2.17. The summed E-state index contributed by atoms with van der Waals surface area (Å²) < 4.78 is 68.7. The van der Waals surface area contributed by atoms with Crippen molar-refractivity contribution in [1.82, 2.24) is 0 Å². The van der Waals surface area contributed by atoms with Crippen molar-refractivity contribution in [3.05, 3.63) is 29.3 Å². The third kappa shape index (κ3) is 2.66. The number of hydrogen-bond acceptors (Lipinski definition) is 2. The fourth-order valence-electron chi connectivity index (χ4n) is 1.38. The maximum absolute atomic E-state index is 13.3. The number of para-hydroxylation sites is 1. The predicted molar refractivity (Wildman–Crippen MR) is 50.9 cm³/mol. The number of rotatable bonds is 3. The lowest BCUT2D eigenvalue weighted by molar-refractivity contribution is -0.139. The zero-order valence-electron chi connectivity index (χ0n) is 8.81. The lowest BCUT2D eigenvalue weighted by atomic mass is 10.0. The van der Waals surface area contributed by atoms with Gasteiger partial charge >= 0.3 is 6.18 Å². The molecule has 2 nitrogen and oxygen atoms in total. The highest BCUT2D eigenvalue weighted by molar-refractivity contribution is 5.45. The van der Waals surface area contributed by atoms with Crippen molar-refractivity contribution >= 4 is 0 Å². The minimum atomic E-state index is -4.76. The lowest BCUT2D eigenvalue weighted by Crippen LogP contribution is -2.26. The highest BCUT2D eigenvalue weighted by Crippen LogP contribution is 2.42. The van der Waals surface area contributed by atoms with Crippen LogP contribution in [0.25, 0.3) is 0 Å². The van der Waals surface area contributed by atoms with Crippen LogP contribution in [0, 0.1) is 0 Å². The van der Waals surface area contributed by atoms with Crippen LogP contribution in [0.3, 0.4) is 0 Å². The molecule has 0 unspecified atom stereocenters. The maximum atomic E-state index is 13.3. The van der Waals surface area contributed by atoms with E-state index in [4.69, 9.17) is 5.73 Å². The van der Waals surface area contributed by atoms with Crippen LogP contribution in [0.1, 0.15) is 11.1 Å². The molecule has 0 saturated carbocycles. The van der Waals surface area contributed by atoms with Gasteiger partial charge in [-0.2, -0.15) is 22.0 Å². The van der Waals surface area contributed by atoms with Gasteiger partial charge in [-0.05, 0) is 12.1 Å². The van der Waals surface area contributed by atoms with Gasteiger partial charge in [0.25, 0.3) is 5.92 Å². The maximum Gasteiger partial charge on any atom is 0.419 e. The summed E-state index contributed by atoms with van der Waals surface area (Å²) in [5.41, 5.74) is 2.73. The molecule has 0 aromatic heterocycles. The first-order valence-corrected chi connectivity index (χ1v) is 4.56. The van der Waals surface area contributed by atoms with E-state index >= 15 is 0 Å². The van der Waals surface area contributed by atoms with Gasteiger partial charge in [0.2, 0.25) is 0 Å². The number of halogens is 5. The van der Waals surface area contributed by atoms with E-state index in [1.54, 1.807) is 0 Å². The first kappa shape index (κ1) is 13.7. The quantitative estimate of drug-likeness (QED) is 0.843. The van der Waals surface area contributed by atoms with Crippen LogP contribution in [-0.4, -0.2) is 13.7 Å². The van der Waals surface area contributed by atoms with E-state index in [0.29, 0.717) is 6.07 Å². The van der Waals surface area contributed by atoms with Crippen LogP contribution in [0.4, 0.5) is 22.0 Å². The topological polar surface area (TPSA) is 35.2 Å². The summed E-state index contributed by atoms with van der Waals surface area (Å²) in [6.45, 7) is -1.09. The fraction of sp³-hybridized carbons (Fsp3) is 0.400. The average molecular weight is 255 g/mol. The van der Waals surface area contributed by atoms with Gasteiger partial charge in [-0.15, -0.1) is 0 Å². The highest BCUT2D eigenvalue weighted by atomic mass is 19.4. The summed E-state index contributed by atoms with van der Waals surface area (Å²) in [5, 5.41) is 0. The summed E-state index contributed by atoms with van der Waals surface area (Å²) in [7, 11) is 0.903. The molecule has 0 bridgehead atoms. The Kier molecular flexibility index (Phi) is 3.61. The molecule has 0 aliphatic heterocycles. The molecule has 0 radical (unpaired) electrons. The normalized spacial score (nSPS) is 12.6. The van der Waals surface area contributed by atoms with Gasteiger partial charge in [0.1, 0.15) is 5.75 Å². The summed E-state index contributed by atoms with van der Waals surface area (Å²) >= 11 is 0. The molecule has 17 heavy (non-hydrogen) atoms. The molecule has 0 aliphatic carbocycles.